The molecule has 0 saturated heterocycles. The lowest BCUT2D eigenvalue weighted by molar-refractivity contribution is -0.298. The molecule has 2 aromatic carbocycles. The predicted molar refractivity (Wildman–Crippen MR) is 67.6 cm³/mol. The molecule has 1 aliphatic carbocycles. The molecule has 0 aromatic heterocycles. The Morgan fingerprint density at radius 2 is 1.44 bits per heavy atom. The van der Waals surface area contributed by atoms with E-state index in [9.17, 15) is 9.90 Å². The molecule has 0 amide bonds. The summed E-state index contributed by atoms with van der Waals surface area (Å²) < 4.78 is 0. The van der Waals surface area contributed by atoms with Crippen molar-refractivity contribution in [2.75, 3.05) is 0 Å². The molecule has 18 heavy (non-hydrogen) atoms. The van der Waals surface area contributed by atoms with Gasteiger partial charge in [-0.1, -0.05) is 60.7 Å². The van der Waals surface area contributed by atoms with Crippen LogP contribution in [0.1, 0.15) is 17.0 Å². The number of aliphatic carboxylic acids is 1. The fourth-order valence-corrected chi connectivity index (χ4v) is 2.37. The van der Waals surface area contributed by atoms with Gasteiger partial charge in [0, 0.05) is 5.92 Å². The second-order valence-corrected chi connectivity index (χ2v) is 4.32. The van der Waals surface area contributed by atoms with E-state index in [1.165, 1.54) is 0 Å². The Bertz CT molecular complexity index is 612. The third-order valence-electron chi connectivity index (χ3n) is 3.22. The van der Waals surface area contributed by atoms with Gasteiger partial charge in [-0.25, -0.2) is 0 Å². The Morgan fingerprint density at radius 1 is 0.889 bits per heavy atom. The molecule has 0 saturated carbocycles. The van der Waals surface area contributed by atoms with Gasteiger partial charge in [0.25, 0.3) is 0 Å². The molecule has 0 fully saturated rings. The number of rotatable bonds is 3. The Morgan fingerprint density at radius 3 is 2.00 bits per heavy atom. The SMILES string of the molecule is O=C([O-])C1=C(c2ccccc2)C1c1ccccc1. The van der Waals surface area contributed by atoms with E-state index in [1.54, 1.807) is 0 Å². The molecule has 88 valence electrons. The van der Waals surface area contributed by atoms with Crippen LogP contribution in [0.3, 0.4) is 0 Å². The highest BCUT2D eigenvalue weighted by Crippen LogP contribution is 2.53. The van der Waals surface area contributed by atoms with Gasteiger partial charge >= 0.3 is 0 Å². The summed E-state index contributed by atoms with van der Waals surface area (Å²) in [6, 6.07) is 19.3. The molecule has 0 aliphatic heterocycles. The third kappa shape index (κ3) is 1.72. The summed E-state index contributed by atoms with van der Waals surface area (Å²) in [5, 5.41) is 11.2. The van der Waals surface area contributed by atoms with Crippen LogP contribution in [0.2, 0.25) is 0 Å². The van der Waals surface area contributed by atoms with Crippen LogP contribution in [0.15, 0.2) is 66.2 Å². The minimum Gasteiger partial charge on any atom is -0.545 e. The molecule has 0 N–H and O–H groups in total. The van der Waals surface area contributed by atoms with Crippen molar-refractivity contribution in [3.8, 4) is 0 Å². The average molecular weight is 235 g/mol. The number of allylic oxidation sites excluding steroid dienone is 1. The largest absolute Gasteiger partial charge is 0.545 e. The summed E-state index contributed by atoms with van der Waals surface area (Å²) in [5.74, 6) is -1.18. The van der Waals surface area contributed by atoms with E-state index in [4.69, 9.17) is 0 Å². The molecule has 2 nitrogen and oxygen atoms in total. The van der Waals surface area contributed by atoms with Gasteiger partial charge in [-0.05, 0) is 22.3 Å². The second kappa shape index (κ2) is 4.15. The molecular weight excluding hydrogens is 224 g/mol. The number of carbonyl (C=O) groups excluding carboxylic acids is 1. The highest BCUT2D eigenvalue weighted by molar-refractivity contribution is 6.11. The second-order valence-electron chi connectivity index (χ2n) is 4.32. The molecule has 0 heterocycles. The van der Waals surface area contributed by atoms with E-state index in [2.05, 4.69) is 0 Å². The lowest BCUT2D eigenvalue weighted by Gasteiger charge is -2.02. The topological polar surface area (TPSA) is 40.1 Å². The first kappa shape index (κ1) is 10.8. The van der Waals surface area contributed by atoms with Crippen LogP contribution in [0.4, 0.5) is 0 Å². The van der Waals surface area contributed by atoms with E-state index >= 15 is 0 Å². The van der Waals surface area contributed by atoms with Crippen molar-refractivity contribution in [1.29, 1.82) is 0 Å². The van der Waals surface area contributed by atoms with E-state index in [0.29, 0.717) is 5.57 Å². The van der Waals surface area contributed by atoms with Crippen molar-refractivity contribution in [2.24, 2.45) is 0 Å². The maximum absolute atomic E-state index is 11.2. The zero-order valence-corrected chi connectivity index (χ0v) is 9.67. The number of carbonyl (C=O) groups is 1. The van der Waals surface area contributed by atoms with Crippen LogP contribution in [0.5, 0.6) is 0 Å². The highest BCUT2D eigenvalue weighted by Gasteiger charge is 2.38. The summed E-state index contributed by atoms with van der Waals surface area (Å²) in [5.41, 5.74) is 3.26. The Balaban J connectivity index is 2.00. The Labute approximate surface area is 105 Å². The molecule has 2 heteroatoms. The number of carboxylic acids is 1. The average Bonchev–Trinajstić information content (AvgIpc) is 3.16. The standard InChI is InChI=1S/C16H12O2/c17-16(18)15-13(11-7-3-1-4-8-11)14(15)12-9-5-2-6-10-12/h1-10,13H,(H,17,18)/p-1. The van der Waals surface area contributed by atoms with E-state index in [1.807, 2.05) is 60.7 Å². The summed E-state index contributed by atoms with van der Waals surface area (Å²) in [4.78, 5) is 11.2. The van der Waals surface area contributed by atoms with E-state index < -0.39 is 5.97 Å². The molecule has 0 spiro atoms. The van der Waals surface area contributed by atoms with Gasteiger partial charge in [-0.15, -0.1) is 0 Å². The minimum atomic E-state index is -1.07. The van der Waals surface area contributed by atoms with Crippen LogP contribution in [-0.2, 0) is 4.79 Å². The quantitative estimate of drug-likeness (QED) is 0.816. The van der Waals surface area contributed by atoms with Crippen LogP contribution in [-0.4, -0.2) is 5.97 Å². The highest BCUT2D eigenvalue weighted by atomic mass is 16.4. The number of benzene rings is 2. The van der Waals surface area contributed by atoms with Crippen LogP contribution < -0.4 is 5.11 Å². The zero-order chi connectivity index (χ0) is 12.5. The first-order valence-corrected chi connectivity index (χ1v) is 5.85. The molecule has 1 unspecified atom stereocenters. The monoisotopic (exact) mass is 235 g/mol. The molecule has 2 aromatic rings. The Kier molecular flexibility index (Phi) is 2.49. The molecule has 3 rings (SSSR count). The van der Waals surface area contributed by atoms with Gasteiger partial charge in [0.15, 0.2) is 0 Å². The maximum Gasteiger partial charge on any atom is 0.0687 e. The summed E-state index contributed by atoms with van der Waals surface area (Å²) in [7, 11) is 0. The van der Waals surface area contributed by atoms with Gasteiger partial charge in [0.05, 0.1) is 5.97 Å². The van der Waals surface area contributed by atoms with E-state index in [-0.39, 0.29) is 5.92 Å². The van der Waals surface area contributed by atoms with Crippen molar-refractivity contribution in [2.45, 2.75) is 5.92 Å². The molecule has 1 aliphatic rings. The predicted octanol–water partition coefficient (Wildman–Crippen LogP) is 1.99. The molecule has 0 radical (unpaired) electrons. The van der Waals surface area contributed by atoms with Crippen molar-refractivity contribution in [3.05, 3.63) is 77.4 Å². The number of hydrogen-bond donors (Lipinski definition) is 0. The zero-order valence-electron chi connectivity index (χ0n) is 9.67. The molecule has 0 bridgehead atoms. The fourth-order valence-electron chi connectivity index (χ4n) is 2.37. The maximum atomic E-state index is 11.2. The van der Waals surface area contributed by atoms with Crippen molar-refractivity contribution in [3.63, 3.8) is 0 Å². The minimum absolute atomic E-state index is 0.112. The molecular formula is C16H11O2-. The smallest absolute Gasteiger partial charge is 0.0687 e. The first-order valence-electron chi connectivity index (χ1n) is 5.85. The molecule has 1 atom stereocenters. The van der Waals surface area contributed by atoms with Crippen LogP contribution >= 0.6 is 0 Å². The number of carboxylic acid groups (broad SMARTS) is 1. The third-order valence-corrected chi connectivity index (χ3v) is 3.22. The number of hydrogen-bond acceptors (Lipinski definition) is 2. The van der Waals surface area contributed by atoms with Gasteiger partial charge < -0.3 is 9.90 Å². The van der Waals surface area contributed by atoms with Crippen molar-refractivity contribution in [1.82, 2.24) is 0 Å². The lowest BCUT2D eigenvalue weighted by atomic mass is 10.0. The van der Waals surface area contributed by atoms with Crippen LogP contribution in [0.25, 0.3) is 5.57 Å². The van der Waals surface area contributed by atoms with Crippen molar-refractivity contribution < 1.29 is 9.90 Å². The van der Waals surface area contributed by atoms with Gasteiger partial charge in [0.1, 0.15) is 0 Å². The fraction of sp³-hybridized carbons (Fsp3) is 0.0625. The van der Waals surface area contributed by atoms with E-state index in [0.717, 1.165) is 16.7 Å². The normalized spacial score (nSPS) is 17.7. The van der Waals surface area contributed by atoms with Gasteiger partial charge in [0.2, 0.25) is 0 Å². The first-order chi connectivity index (χ1) is 8.79. The Hall–Kier alpha value is -2.35. The van der Waals surface area contributed by atoms with Gasteiger partial charge in [-0.2, -0.15) is 0 Å². The lowest BCUT2D eigenvalue weighted by Crippen LogP contribution is -2.21. The van der Waals surface area contributed by atoms with Gasteiger partial charge in [-0.3, -0.25) is 0 Å². The van der Waals surface area contributed by atoms with Crippen molar-refractivity contribution >= 4 is 11.5 Å². The summed E-state index contributed by atoms with van der Waals surface area (Å²) >= 11 is 0. The summed E-state index contributed by atoms with van der Waals surface area (Å²) in [6.07, 6.45) is 0. The van der Waals surface area contributed by atoms with Crippen LogP contribution in [0, 0.1) is 0 Å². The summed E-state index contributed by atoms with van der Waals surface area (Å²) in [6.45, 7) is 0.